The van der Waals surface area contributed by atoms with Crippen molar-refractivity contribution in [3.05, 3.63) is 11.3 Å². The minimum absolute atomic E-state index is 0.0292. The number of nitrogens with zero attached hydrogens (tertiary/aromatic N) is 1. The number of aromatic carboxylic acids is 1. The summed E-state index contributed by atoms with van der Waals surface area (Å²) >= 11 is 0. The van der Waals surface area contributed by atoms with Crippen molar-refractivity contribution in [2.75, 3.05) is 12.3 Å². The van der Waals surface area contributed by atoms with Crippen molar-refractivity contribution >= 4 is 17.8 Å². The van der Waals surface area contributed by atoms with Crippen LogP contribution in [-0.4, -0.2) is 28.8 Å². The number of rotatable bonds is 4. The fourth-order valence-corrected chi connectivity index (χ4v) is 1.04. The molecule has 82 valence electrons. The van der Waals surface area contributed by atoms with E-state index in [0.717, 1.165) is 0 Å². The van der Waals surface area contributed by atoms with E-state index in [1.807, 2.05) is 0 Å². The lowest BCUT2D eigenvalue weighted by Crippen LogP contribution is -2.11. The zero-order chi connectivity index (χ0) is 11.4. The van der Waals surface area contributed by atoms with Crippen LogP contribution >= 0.6 is 0 Å². The van der Waals surface area contributed by atoms with Gasteiger partial charge in [-0.3, -0.25) is 4.79 Å². The van der Waals surface area contributed by atoms with E-state index in [4.69, 9.17) is 10.8 Å². The molecule has 0 radical (unpaired) electrons. The second kappa shape index (κ2) is 4.45. The summed E-state index contributed by atoms with van der Waals surface area (Å²) in [5, 5.41) is 12.1. The summed E-state index contributed by atoms with van der Waals surface area (Å²) in [4.78, 5) is 21.8. The molecule has 15 heavy (non-hydrogen) atoms. The zero-order valence-corrected chi connectivity index (χ0v) is 8.02. The number of carbonyl (C=O) groups excluding carboxylic acids is 1. The van der Waals surface area contributed by atoms with Crippen LogP contribution in [0.4, 0.5) is 5.88 Å². The number of anilines is 1. The second-order valence-electron chi connectivity index (χ2n) is 2.66. The summed E-state index contributed by atoms with van der Waals surface area (Å²) in [7, 11) is 0. The standard InChI is InChI=1S/C8H10N2O5/c1-2-14-5(11)3-4-6(8(12)13)7(9)15-10-4/h2-3,9H2,1H3,(H,12,13). The van der Waals surface area contributed by atoms with Gasteiger partial charge in [0.2, 0.25) is 5.88 Å². The monoisotopic (exact) mass is 214 g/mol. The Hall–Kier alpha value is -2.05. The molecule has 7 heteroatoms. The van der Waals surface area contributed by atoms with Gasteiger partial charge in [0.25, 0.3) is 0 Å². The average Bonchev–Trinajstić information content (AvgIpc) is 2.47. The fourth-order valence-electron chi connectivity index (χ4n) is 1.04. The smallest absolute Gasteiger partial charge is 0.343 e. The lowest BCUT2D eigenvalue weighted by Gasteiger charge is -1.98. The van der Waals surface area contributed by atoms with Crippen LogP contribution < -0.4 is 5.73 Å². The summed E-state index contributed by atoms with van der Waals surface area (Å²) < 4.78 is 9.11. The van der Waals surface area contributed by atoms with Crippen molar-refractivity contribution in [2.45, 2.75) is 13.3 Å². The molecule has 0 atom stereocenters. The van der Waals surface area contributed by atoms with E-state index in [9.17, 15) is 9.59 Å². The van der Waals surface area contributed by atoms with Crippen molar-refractivity contribution in [2.24, 2.45) is 0 Å². The number of esters is 1. The maximum absolute atomic E-state index is 11.1. The molecule has 0 spiro atoms. The number of nitrogen functional groups attached to an aromatic ring is 1. The van der Waals surface area contributed by atoms with Crippen molar-refractivity contribution in [3.63, 3.8) is 0 Å². The van der Waals surface area contributed by atoms with E-state index >= 15 is 0 Å². The summed E-state index contributed by atoms with van der Waals surface area (Å²) in [6.07, 6.45) is -0.268. The van der Waals surface area contributed by atoms with E-state index < -0.39 is 11.9 Å². The summed E-state index contributed by atoms with van der Waals surface area (Å²) in [5.41, 5.74) is 4.91. The number of carboxylic acids is 1. The Kier molecular flexibility index (Phi) is 3.27. The normalized spacial score (nSPS) is 9.93. The molecule has 1 aromatic heterocycles. The minimum Gasteiger partial charge on any atom is -0.477 e. The topological polar surface area (TPSA) is 116 Å². The van der Waals surface area contributed by atoms with Gasteiger partial charge < -0.3 is 20.1 Å². The molecule has 0 saturated carbocycles. The molecule has 0 aliphatic rings. The Bertz CT molecular complexity index is 384. The van der Waals surface area contributed by atoms with Crippen molar-refractivity contribution in [1.29, 1.82) is 0 Å². The van der Waals surface area contributed by atoms with Gasteiger partial charge >= 0.3 is 11.9 Å². The molecule has 0 amide bonds. The first kappa shape index (κ1) is 11.0. The van der Waals surface area contributed by atoms with E-state index in [-0.39, 0.29) is 30.2 Å². The number of carboxylic acid groups (broad SMARTS) is 1. The van der Waals surface area contributed by atoms with E-state index in [1.54, 1.807) is 6.92 Å². The van der Waals surface area contributed by atoms with E-state index in [0.29, 0.717) is 0 Å². The van der Waals surface area contributed by atoms with Crippen LogP contribution in [0.2, 0.25) is 0 Å². The van der Waals surface area contributed by atoms with Gasteiger partial charge in [0.1, 0.15) is 11.3 Å². The maximum Gasteiger partial charge on any atom is 0.343 e. The van der Waals surface area contributed by atoms with Crippen LogP contribution in [-0.2, 0) is 16.0 Å². The van der Waals surface area contributed by atoms with Gasteiger partial charge in [-0.05, 0) is 6.92 Å². The molecular formula is C8H10N2O5. The van der Waals surface area contributed by atoms with Gasteiger partial charge in [0.15, 0.2) is 0 Å². The van der Waals surface area contributed by atoms with Crippen LogP contribution in [0.15, 0.2) is 4.52 Å². The Morgan fingerprint density at radius 3 is 2.80 bits per heavy atom. The largest absolute Gasteiger partial charge is 0.477 e. The predicted octanol–water partition coefficient (Wildman–Crippen LogP) is 0.0606. The lowest BCUT2D eigenvalue weighted by atomic mass is 10.2. The molecule has 1 aromatic rings. The van der Waals surface area contributed by atoms with Crippen LogP contribution in [0.3, 0.4) is 0 Å². The predicted molar refractivity (Wildman–Crippen MR) is 48.2 cm³/mol. The summed E-state index contributed by atoms with van der Waals surface area (Å²) in [6.45, 7) is 1.86. The van der Waals surface area contributed by atoms with Crippen LogP contribution in [0, 0.1) is 0 Å². The van der Waals surface area contributed by atoms with Crippen molar-refractivity contribution in [3.8, 4) is 0 Å². The Labute approximate surface area is 84.8 Å². The third kappa shape index (κ3) is 2.46. The zero-order valence-electron chi connectivity index (χ0n) is 8.02. The SMILES string of the molecule is CCOC(=O)Cc1noc(N)c1C(=O)O. The molecule has 1 heterocycles. The molecule has 3 N–H and O–H groups in total. The average molecular weight is 214 g/mol. The Balaban J connectivity index is 2.86. The van der Waals surface area contributed by atoms with E-state index in [1.165, 1.54) is 0 Å². The highest BCUT2D eigenvalue weighted by Crippen LogP contribution is 2.16. The molecule has 1 rings (SSSR count). The number of hydrogen-bond donors (Lipinski definition) is 2. The molecule has 0 aromatic carbocycles. The number of ether oxygens (including phenoxy) is 1. The lowest BCUT2D eigenvalue weighted by molar-refractivity contribution is -0.142. The first-order valence-corrected chi connectivity index (χ1v) is 4.19. The quantitative estimate of drug-likeness (QED) is 0.680. The van der Waals surface area contributed by atoms with Gasteiger partial charge in [0, 0.05) is 0 Å². The van der Waals surface area contributed by atoms with Gasteiger partial charge in [-0.1, -0.05) is 5.16 Å². The number of nitrogens with two attached hydrogens (primary N) is 1. The Morgan fingerprint density at radius 1 is 1.60 bits per heavy atom. The molecule has 0 fully saturated rings. The van der Waals surface area contributed by atoms with Gasteiger partial charge in [-0.15, -0.1) is 0 Å². The third-order valence-corrected chi connectivity index (χ3v) is 1.62. The molecule has 7 nitrogen and oxygen atoms in total. The molecular weight excluding hydrogens is 204 g/mol. The van der Waals surface area contributed by atoms with Crippen molar-refractivity contribution in [1.82, 2.24) is 5.16 Å². The number of carbonyl (C=O) groups is 2. The maximum atomic E-state index is 11.1. The van der Waals surface area contributed by atoms with Gasteiger partial charge in [-0.2, -0.15) is 0 Å². The first-order valence-electron chi connectivity index (χ1n) is 4.19. The summed E-state index contributed by atoms with van der Waals surface area (Å²) in [5.74, 6) is -2.18. The van der Waals surface area contributed by atoms with Crippen molar-refractivity contribution < 1.29 is 24.0 Å². The fraction of sp³-hybridized carbons (Fsp3) is 0.375. The molecule has 0 saturated heterocycles. The highest BCUT2D eigenvalue weighted by atomic mass is 16.5. The first-order chi connectivity index (χ1) is 7.06. The molecule has 0 unspecified atom stereocenters. The number of hydrogen-bond acceptors (Lipinski definition) is 6. The second-order valence-corrected chi connectivity index (χ2v) is 2.66. The summed E-state index contributed by atoms with van der Waals surface area (Å²) in [6, 6.07) is 0. The van der Waals surface area contributed by atoms with E-state index in [2.05, 4.69) is 14.4 Å². The third-order valence-electron chi connectivity index (χ3n) is 1.62. The number of aromatic nitrogens is 1. The van der Waals surface area contributed by atoms with Gasteiger partial charge in [0.05, 0.1) is 13.0 Å². The van der Waals surface area contributed by atoms with Crippen LogP contribution in [0.25, 0.3) is 0 Å². The van der Waals surface area contributed by atoms with Crippen LogP contribution in [0.5, 0.6) is 0 Å². The van der Waals surface area contributed by atoms with Crippen LogP contribution in [0.1, 0.15) is 23.0 Å². The highest BCUT2D eigenvalue weighted by molar-refractivity contribution is 5.94. The van der Waals surface area contributed by atoms with Gasteiger partial charge in [-0.25, -0.2) is 4.79 Å². The molecule has 0 aliphatic heterocycles. The molecule has 0 aliphatic carbocycles. The highest BCUT2D eigenvalue weighted by Gasteiger charge is 2.22. The Morgan fingerprint density at radius 2 is 2.27 bits per heavy atom. The molecule has 0 bridgehead atoms. The minimum atomic E-state index is -1.28.